The molecule has 3 aromatic heterocycles. The molecular formula is C16H18N8. The summed E-state index contributed by atoms with van der Waals surface area (Å²) in [6.07, 6.45) is 12.6. The highest BCUT2D eigenvalue weighted by Crippen LogP contribution is 2.20. The quantitative estimate of drug-likeness (QED) is 0.712. The standard InChI is InChI=1S/C16H18N8/c1-22-12-13(8-20-22)14-9-18-11-16(21-14)24-6-4-23(5-7-24)15-10-17-2-3-19-15/h2-3,8-12H,4-7H2,1H3. The molecule has 0 saturated carbocycles. The summed E-state index contributed by atoms with van der Waals surface area (Å²) in [5.74, 6) is 1.82. The fourth-order valence-corrected chi connectivity index (χ4v) is 2.82. The van der Waals surface area contributed by atoms with Crippen molar-refractivity contribution in [1.82, 2.24) is 29.7 Å². The third-order valence-electron chi connectivity index (χ3n) is 4.10. The summed E-state index contributed by atoms with van der Waals surface area (Å²) in [6.45, 7) is 3.53. The summed E-state index contributed by atoms with van der Waals surface area (Å²) in [4.78, 5) is 22.1. The number of aryl methyl sites for hydroxylation is 1. The van der Waals surface area contributed by atoms with Crippen molar-refractivity contribution in [3.63, 3.8) is 0 Å². The van der Waals surface area contributed by atoms with E-state index >= 15 is 0 Å². The molecule has 122 valence electrons. The fraction of sp³-hybridized carbons (Fsp3) is 0.312. The van der Waals surface area contributed by atoms with Crippen LogP contribution in [0, 0.1) is 0 Å². The van der Waals surface area contributed by atoms with Gasteiger partial charge in [0.05, 0.1) is 30.5 Å². The van der Waals surface area contributed by atoms with Gasteiger partial charge < -0.3 is 9.80 Å². The second-order valence-electron chi connectivity index (χ2n) is 5.70. The second-order valence-corrected chi connectivity index (χ2v) is 5.70. The lowest BCUT2D eigenvalue weighted by Crippen LogP contribution is -2.47. The number of hydrogen-bond acceptors (Lipinski definition) is 7. The van der Waals surface area contributed by atoms with Gasteiger partial charge >= 0.3 is 0 Å². The van der Waals surface area contributed by atoms with Gasteiger partial charge in [0, 0.05) is 57.4 Å². The predicted octanol–water partition coefficient (Wildman–Crippen LogP) is 0.994. The minimum absolute atomic E-state index is 0.844. The first kappa shape index (κ1) is 14.6. The van der Waals surface area contributed by atoms with E-state index in [1.807, 2.05) is 19.4 Å². The molecule has 8 nitrogen and oxygen atoms in total. The van der Waals surface area contributed by atoms with Crippen LogP contribution in [-0.2, 0) is 7.05 Å². The predicted molar refractivity (Wildman–Crippen MR) is 90.7 cm³/mol. The first-order chi connectivity index (χ1) is 11.8. The average molecular weight is 322 g/mol. The number of hydrogen-bond donors (Lipinski definition) is 0. The monoisotopic (exact) mass is 322 g/mol. The van der Waals surface area contributed by atoms with Crippen LogP contribution >= 0.6 is 0 Å². The third kappa shape index (κ3) is 2.90. The average Bonchev–Trinajstić information content (AvgIpc) is 3.09. The number of piperazine rings is 1. The summed E-state index contributed by atoms with van der Waals surface area (Å²) >= 11 is 0. The Morgan fingerprint density at radius 3 is 2.25 bits per heavy atom. The van der Waals surface area contributed by atoms with E-state index in [2.05, 4.69) is 29.9 Å². The fourth-order valence-electron chi connectivity index (χ4n) is 2.82. The van der Waals surface area contributed by atoms with Gasteiger partial charge in [-0.25, -0.2) is 9.97 Å². The van der Waals surface area contributed by atoms with Crippen molar-refractivity contribution >= 4 is 11.6 Å². The molecule has 0 N–H and O–H groups in total. The molecule has 8 heteroatoms. The zero-order valence-electron chi connectivity index (χ0n) is 13.4. The molecule has 0 bridgehead atoms. The Morgan fingerprint density at radius 2 is 1.58 bits per heavy atom. The zero-order valence-corrected chi connectivity index (χ0v) is 13.4. The Hall–Kier alpha value is -3.03. The van der Waals surface area contributed by atoms with Gasteiger partial charge in [0.1, 0.15) is 11.6 Å². The van der Waals surface area contributed by atoms with Crippen LogP contribution in [0.4, 0.5) is 11.6 Å². The van der Waals surface area contributed by atoms with E-state index in [0.29, 0.717) is 0 Å². The molecule has 1 fully saturated rings. The third-order valence-corrected chi connectivity index (χ3v) is 4.10. The van der Waals surface area contributed by atoms with Gasteiger partial charge in [-0.2, -0.15) is 5.10 Å². The van der Waals surface area contributed by atoms with E-state index in [-0.39, 0.29) is 0 Å². The van der Waals surface area contributed by atoms with Gasteiger partial charge in [-0.3, -0.25) is 14.6 Å². The maximum atomic E-state index is 4.74. The van der Waals surface area contributed by atoms with Crippen LogP contribution in [0.1, 0.15) is 0 Å². The van der Waals surface area contributed by atoms with Gasteiger partial charge in [0.2, 0.25) is 0 Å². The highest BCUT2D eigenvalue weighted by molar-refractivity contribution is 5.58. The van der Waals surface area contributed by atoms with Crippen molar-refractivity contribution in [3.8, 4) is 11.3 Å². The van der Waals surface area contributed by atoms with Crippen LogP contribution in [0.25, 0.3) is 11.3 Å². The van der Waals surface area contributed by atoms with Crippen LogP contribution in [-0.4, -0.2) is 55.9 Å². The first-order valence-electron chi connectivity index (χ1n) is 7.86. The molecule has 0 aromatic carbocycles. The van der Waals surface area contributed by atoms with Crippen LogP contribution in [0.15, 0.2) is 43.4 Å². The van der Waals surface area contributed by atoms with Gasteiger partial charge in [0.25, 0.3) is 0 Å². The minimum atomic E-state index is 0.844. The van der Waals surface area contributed by atoms with E-state index in [1.165, 1.54) is 0 Å². The van der Waals surface area contributed by atoms with Crippen LogP contribution in [0.2, 0.25) is 0 Å². The van der Waals surface area contributed by atoms with Gasteiger partial charge in [-0.05, 0) is 0 Å². The van der Waals surface area contributed by atoms with E-state index < -0.39 is 0 Å². The second kappa shape index (κ2) is 6.23. The van der Waals surface area contributed by atoms with Gasteiger partial charge in [0.15, 0.2) is 0 Å². The lowest BCUT2D eigenvalue weighted by Gasteiger charge is -2.35. The number of rotatable bonds is 3. The largest absolute Gasteiger partial charge is 0.352 e. The molecule has 0 radical (unpaired) electrons. The van der Waals surface area contributed by atoms with Crippen LogP contribution in [0.3, 0.4) is 0 Å². The van der Waals surface area contributed by atoms with E-state index in [0.717, 1.165) is 49.1 Å². The number of anilines is 2. The lowest BCUT2D eigenvalue weighted by atomic mass is 10.2. The lowest BCUT2D eigenvalue weighted by molar-refractivity contribution is 0.640. The molecule has 24 heavy (non-hydrogen) atoms. The molecule has 0 unspecified atom stereocenters. The Kier molecular flexibility index (Phi) is 3.78. The molecule has 0 spiro atoms. The minimum Gasteiger partial charge on any atom is -0.352 e. The Balaban J connectivity index is 1.48. The molecule has 0 aliphatic carbocycles. The molecule has 0 amide bonds. The molecule has 1 saturated heterocycles. The Bertz CT molecular complexity index is 808. The van der Waals surface area contributed by atoms with E-state index in [1.54, 1.807) is 35.7 Å². The highest BCUT2D eigenvalue weighted by atomic mass is 15.3. The maximum absolute atomic E-state index is 4.74. The van der Waals surface area contributed by atoms with Gasteiger partial charge in [-0.15, -0.1) is 0 Å². The van der Waals surface area contributed by atoms with Crippen molar-refractivity contribution in [2.45, 2.75) is 0 Å². The topological polar surface area (TPSA) is 75.9 Å². The molecule has 1 aliphatic heterocycles. The molecule has 1 aliphatic rings. The summed E-state index contributed by atoms with van der Waals surface area (Å²) in [5.41, 5.74) is 1.82. The first-order valence-corrected chi connectivity index (χ1v) is 7.86. The van der Waals surface area contributed by atoms with Crippen LogP contribution < -0.4 is 9.80 Å². The van der Waals surface area contributed by atoms with Gasteiger partial charge in [-0.1, -0.05) is 0 Å². The summed E-state index contributed by atoms with van der Waals surface area (Å²) in [5, 5.41) is 4.19. The highest BCUT2D eigenvalue weighted by Gasteiger charge is 2.19. The number of nitrogens with zero attached hydrogens (tertiary/aromatic N) is 8. The Morgan fingerprint density at radius 1 is 0.833 bits per heavy atom. The maximum Gasteiger partial charge on any atom is 0.147 e. The summed E-state index contributed by atoms with van der Waals surface area (Å²) in [6, 6.07) is 0. The van der Waals surface area contributed by atoms with Crippen LogP contribution in [0.5, 0.6) is 0 Å². The van der Waals surface area contributed by atoms with Crippen molar-refractivity contribution in [2.24, 2.45) is 7.05 Å². The summed E-state index contributed by atoms with van der Waals surface area (Å²) < 4.78 is 1.77. The van der Waals surface area contributed by atoms with Crippen molar-refractivity contribution < 1.29 is 0 Å². The SMILES string of the molecule is Cn1cc(-c2cncc(N3CCN(c4cnccn4)CC3)n2)cn1. The van der Waals surface area contributed by atoms with Crippen molar-refractivity contribution in [3.05, 3.63) is 43.4 Å². The number of aromatic nitrogens is 6. The molecule has 0 atom stereocenters. The van der Waals surface area contributed by atoms with Crippen molar-refractivity contribution in [1.29, 1.82) is 0 Å². The van der Waals surface area contributed by atoms with E-state index in [9.17, 15) is 0 Å². The smallest absolute Gasteiger partial charge is 0.147 e. The Labute approximate surface area is 139 Å². The molecule has 3 aromatic rings. The molecular weight excluding hydrogens is 304 g/mol. The zero-order chi connectivity index (χ0) is 16.4. The summed E-state index contributed by atoms with van der Waals surface area (Å²) in [7, 11) is 1.90. The van der Waals surface area contributed by atoms with E-state index in [4.69, 9.17) is 4.98 Å². The molecule has 4 heterocycles. The normalized spacial score (nSPS) is 14.9. The molecule has 4 rings (SSSR count). The van der Waals surface area contributed by atoms with Crippen molar-refractivity contribution in [2.75, 3.05) is 36.0 Å².